The van der Waals surface area contributed by atoms with Crippen LogP contribution in [0.15, 0.2) is 24.3 Å². The van der Waals surface area contributed by atoms with E-state index in [-0.39, 0.29) is 18.6 Å². The predicted octanol–water partition coefficient (Wildman–Crippen LogP) is 2.70. The van der Waals surface area contributed by atoms with E-state index in [1.807, 2.05) is 45.0 Å². The van der Waals surface area contributed by atoms with Crippen molar-refractivity contribution in [1.29, 1.82) is 0 Å². The lowest BCUT2D eigenvalue weighted by Crippen LogP contribution is -2.37. The van der Waals surface area contributed by atoms with Crippen LogP contribution in [0.1, 0.15) is 40.7 Å². The van der Waals surface area contributed by atoms with Gasteiger partial charge in [-0.1, -0.05) is 36.7 Å². The van der Waals surface area contributed by atoms with Gasteiger partial charge in [0, 0.05) is 10.7 Å². The fourth-order valence-electron chi connectivity index (χ4n) is 2.50. The van der Waals surface area contributed by atoms with Crippen molar-refractivity contribution in [3.8, 4) is 0 Å². The Balaban J connectivity index is 2.26. The summed E-state index contributed by atoms with van der Waals surface area (Å²) in [6, 6.07) is 7.34. The minimum Gasteiger partial charge on any atom is -0.394 e. The van der Waals surface area contributed by atoms with Gasteiger partial charge in [0.05, 0.1) is 30.5 Å². The molecule has 0 spiro atoms. The van der Waals surface area contributed by atoms with E-state index in [4.69, 9.17) is 11.6 Å². The fourth-order valence-corrected chi connectivity index (χ4v) is 2.70. The molecule has 1 aromatic heterocycles. The maximum atomic E-state index is 12.4. The molecule has 1 heterocycles. The number of carbonyl (C=O) groups is 1. The molecule has 124 valence electrons. The highest BCUT2D eigenvalue weighted by molar-refractivity contribution is 6.31. The van der Waals surface area contributed by atoms with Crippen molar-refractivity contribution in [1.82, 2.24) is 15.1 Å². The van der Waals surface area contributed by atoms with Crippen molar-refractivity contribution in [3.05, 3.63) is 51.8 Å². The lowest BCUT2D eigenvalue weighted by molar-refractivity contribution is 0.0913. The number of rotatable bonds is 6. The normalized spacial score (nSPS) is 12.2. The van der Waals surface area contributed by atoms with Gasteiger partial charge in [0.2, 0.25) is 0 Å². The summed E-state index contributed by atoms with van der Waals surface area (Å²) < 4.78 is 1.78. The van der Waals surface area contributed by atoms with Crippen molar-refractivity contribution in [2.45, 2.75) is 39.8 Å². The molecule has 5 nitrogen and oxygen atoms in total. The lowest BCUT2D eigenvalue weighted by atomic mass is 10.1. The van der Waals surface area contributed by atoms with Gasteiger partial charge in [-0.25, -0.2) is 0 Å². The van der Waals surface area contributed by atoms with Gasteiger partial charge in [0.25, 0.3) is 5.91 Å². The molecule has 6 heteroatoms. The summed E-state index contributed by atoms with van der Waals surface area (Å²) >= 11 is 6.19. The summed E-state index contributed by atoms with van der Waals surface area (Å²) in [7, 11) is 0. The third-order valence-corrected chi connectivity index (χ3v) is 4.30. The largest absolute Gasteiger partial charge is 0.394 e. The molecular formula is C17H22ClN3O2. The summed E-state index contributed by atoms with van der Waals surface area (Å²) in [5.74, 6) is -0.202. The third kappa shape index (κ3) is 3.92. The maximum absolute atomic E-state index is 12.4. The van der Waals surface area contributed by atoms with E-state index in [2.05, 4.69) is 10.4 Å². The van der Waals surface area contributed by atoms with Crippen LogP contribution in [0.25, 0.3) is 0 Å². The number of hydrogen-bond acceptors (Lipinski definition) is 3. The number of aryl methyl sites for hydroxylation is 1. The molecule has 23 heavy (non-hydrogen) atoms. The van der Waals surface area contributed by atoms with Crippen LogP contribution in [-0.4, -0.2) is 33.4 Å². The minimum absolute atomic E-state index is 0.0753. The molecule has 0 bridgehead atoms. The highest BCUT2D eigenvalue weighted by atomic mass is 35.5. The second kappa shape index (κ2) is 7.62. The first-order valence-electron chi connectivity index (χ1n) is 7.67. The number of nitrogens with one attached hydrogen (secondary N) is 1. The van der Waals surface area contributed by atoms with Crippen molar-refractivity contribution < 1.29 is 9.90 Å². The zero-order valence-corrected chi connectivity index (χ0v) is 14.4. The average molecular weight is 336 g/mol. The summed E-state index contributed by atoms with van der Waals surface area (Å²) in [6.07, 6.45) is 0.675. The number of halogens is 1. The standard InChI is InChI=1S/C17H22ClN3O2/c1-4-14(10-22)19-17(23)16-11(2)20-21(12(16)3)9-13-7-5-6-8-15(13)18/h5-8,14,22H,4,9-10H2,1-3H3,(H,19,23). The first-order chi connectivity index (χ1) is 11.0. The molecule has 2 aromatic rings. The van der Waals surface area contributed by atoms with E-state index in [9.17, 15) is 9.90 Å². The summed E-state index contributed by atoms with van der Waals surface area (Å²) in [4.78, 5) is 12.4. The Kier molecular flexibility index (Phi) is 5.80. The van der Waals surface area contributed by atoms with Gasteiger partial charge in [-0.3, -0.25) is 9.48 Å². The number of hydrogen-bond donors (Lipinski definition) is 2. The summed E-state index contributed by atoms with van der Waals surface area (Å²) in [5.41, 5.74) is 2.96. The van der Waals surface area contributed by atoms with Gasteiger partial charge in [-0.15, -0.1) is 0 Å². The van der Waals surface area contributed by atoms with Crippen LogP contribution in [0.4, 0.5) is 0 Å². The molecule has 0 aliphatic rings. The quantitative estimate of drug-likeness (QED) is 0.853. The van der Waals surface area contributed by atoms with Gasteiger partial charge >= 0.3 is 0 Å². The molecule has 0 saturated heterocycles. The minimum atomic E-state index is -0.242. The number of aliphatic hydroxyl groups excluding tert-OH is 1. The van der Waals surface area contributed by atoms with Crippen LogP contribution < -0.4 is 5.32 Å². The number of aliphatic hydroxyl groups is 1. The van der Waals surface area contributed by atoms with Crippen LogP contribution >= 0.6 is 11.6 Å². The van der Waals surface area contributed by atoms with Crippen LogP contribution in [0, 0.1) is 13.8 Å². The highest BCUT2D eigenvalue weighted by Crippen LogP contribution is 2.19. The van der Waals surface area contributed by atoms with Gasteiger partial charge in [-0.2, -0.15) is 5.10 Å². The van der Waals surface area contributed by atoms with E-state index in [1.54, 1.807) is 4.68 Å². The molecule has 1 atom stereocenters. The first kappa shape index (κ1) is 17.5. The van der Waals surface area contributed by atoms with Crippen molar-refractivity contribution in [2.75, 3.05) is 6.61 Å². The summed E-state index contributed by atoms with van der Waals surface area (Å²) in [6.45, 7) is 6.03. The monoisotopic (exact) mass is 335 g/mol. The number of amides is 1. The molecule has 1 amide bonds. The molecule has 0 fully saturated rings. The fraction of sp³-hybridized carbons (Fsp3) is 0.412. The molecule has 0 radical (unpaired) electrons. The molecular weight excluding hydrogens is 314 g/mol. The lowest BCUT2D eigenvalue weighted by Gasteiger charge is -2.14. The van der Waals surface area contributed by atoms with Gasteiger partial charge < -0.3 is 10.4 Å². The predicted molar refractivity (Wildman–Crippen MR) is 90.9 cm³/mol. The number of aromatic nitrogens is 2. The molecule has 1 unspecified atom stereocenters. The van der Waals surface area contributed by atoms with E-state index in [0.29, 0.717) is 29.2 Å². The molecule has 2 rings (SSSR count). The van der Waals surface area contributed by atoms with Gasteiger partial charge in [0.15, 0.2) is 0 Å². The average Bonchev–Trinajstić information content (AvgIpc) is 2.81. The molecule has 1 aromatic carbocycles. The molecule has 0 saturated carbocycles. The Morgan fingerprint density at radius 1 is 1.39 bits per heavy atom. The number of benzene rings is 1. The topological polar surface area (TPSA) is 67.2 Å². The van der Waals surface area contributed by atoms with Gasteiger partial charge in [-0.05, 0) is 31.9 Å². The number of carbonyl (C=O) groups excluding carboxylic acids is 1. The molecule has 0 aliphatic heterocycles. The summed E-state index contributed by atoms with van der Waals surface area (Å²) in [5, 5.41) is 17.2. The van der Waals surface area contributed by atoms with Crippen LogP contribution in [0.2, 0.25) is 5.02 Å². The SMILES string of the molecule is CCC(CO)NC(=O)c1c(C)nn(Cc2ccccc2Cl)c1C. The second-order valence-corrected chi connectivity index (χ2v) is 5.96. The van der Waals surface area contributed by atoms with Gasteiger partial charge in [0.1, 0.15) is 0 Å². The first-order valence-corrected chi connectivity index (χ1v) is 8.04. The van der Waals surface area contributed by atoms with E-state index in [1.165, 1.54) is 0 Å². The maximum Gasteiger partial charge on any atom is 0.255 e. The Morgan fingerprint density at radius 3 is 2.70 bits per heavy atom. The van der Waals surface area contributed by atoms with E-state index < -0.39 is 0 Å². The van der Waals surface area contributed by atoms with E-state index in [0.717, 1.165) is 11.3 Å². The molecule has 2 N–H and O–H groups in total. The Bertz CT molecular complexity index is 693. The zero-order valence-electron chi connectivity index (χ0n) is 13.6. The third-order valence-electron chi connectivity index (χ3n) is 3.93. The Morgan fingerprint density at radius 2 is 2.09 bits per heavy atom. The van der Waals surface area contributed by atoms with E-state index >= 15 is 0 Å². The Hall–Kier alpha value is -1.85. The van der Waals surface area contributed by atoms with Crippen molar-refractivity contribution in [3.63, 3.8) is 0 Å². The highest BCUT2D eigenvalue weighted by Gasteiger charge is 2.20. The molecule has 0 aliphatic carbocycles. The second-order valence-electron chi connectivity index (χ2n) is 5.56. The smallest absolute Gasteiger partial charge is 0.255 e. The van der Waals surface area contributed by atoms with Crippen LogP contribution in [-0.2, 0) is 6.54 Å². The number of nitrogens with zero attached hydrogens (tertiary/aromatic N) is 2. The zero-order chi connectivity index (χ0) is 17.0. The van der Waals surface area contributed by atoms with Crippen molar-refractivity contribution in [2.24, 2.45) is 0 Å². The van der Waals surface area contributed by atoms with Crippen molar-refractivity contribution >= 4 is 17.5 Å². The van der Waals surface area contributed by atoms with Crippen LogP contribution in [0.5, 0.6) is 0 Å². The Labute approximate surface area is 141 Å². The van der Waals surface area contributed by atoms with Crippen LogP contribution in [0.3, 0.4) is 0 Å².